The lowest BCUT2D eigenvalue weighted by atomic mass is 9.96. The zero-order chi connectivity index (χ0) is 23.2. The van der Waals surface area contributed by atoms with Crippen LogP contribution in [0.15, 0.2) is 100 Å². The fourth-order valence-corrected chi connectivity index (χ4v) is 4.21. The molecule has 0 radical (unpaired) electrons. The summed E-state index contributed by atoms with van der Waals surface area (Å²) in [5, 5.41) is 5.70. The summed E-state index contributed by atoms with van der Waals surface area (Å²) < 4.78 is 21.5. The third-order valence-corrected chi connectivity index (χ3v) is 5.90. The predicted molar refractivity (Wildman–Crippen MR) is 130 cm³/mol. The van der Waals surface area contributed by atoms with Crippen molar-refractivity contribution in [3.63, 3.8) is 0 Å². The standard InChI is InChI=1S/C27H15ClFN3O2/c28-18-8-6-16(7-9-18)22-15-24-30-21(12-13-32(24)31-22)26-20-14-19(29)10-11-23(20)34-27(33)25(26)17-4-2-1-3-5-17/h1-15H. The van der Waals surface area contributed by atoms with Crippen molar-refractivity contribution in [2.24, 2.45) is 0 Å². The number of aromatic nitrogens is 3. The lowest BCUT2D eigenvalue weighted by Crippen LogP contribution is -2.07. The third kappa shape index (κ3) is 3.45. The fraction of sp³-hybridized carbons (Fsp3) is 0. The molecular weight excluding hydrogens is 453 g/mol. The zero-order valence-corrected chi connectivity index (χ0v) is 18.3. The first-order valence-corrected chi connectivity index (χ1v) is 10.9. The van der Waals surface area contributed by atoms with Crippen molar-refractivity contribution in [3.05, 3.63) is 112 Å². The Morgan fingerprint density at radius 3 is 2.41 bits per heavy atom. The number of hydrogen-bond donors (Lipinski definition) is 0. The van der Waals surface area contributed by atoms with Gasteiger partial charge < -0.3 is 4.42 Å². The monoisotopic (exact) mass is 467 g/mol. The first kappa shape index (κ1) is 20.3. The molecule has 3 aromatic heterocycles. The number of hydrogen-bond acceptors (Lipinski definition) is 4. The van der Waals surface area contributed by atoms with Gasteiger partial charge in [0, 0.05) is 33.8 Å². The Morgan fingerprint density at radius 1 is 0.824 bits per heavy atom. The van der Waals surface area contributed by atoms with Crippen molar-refractivity contribution in [2.75, 3.05) is 0 Å². The fourth-order valence-electron chi connectivity index (χ4n) is 4.09. The summed E-state index contributed by atoms with van der Waals surface area (Å²) >= 11 is 6.01. The van der Waals surface area contributed by atoms with E-state index in [0.29, 0.717) is 38.4 Å². The molecule has 0 spiro atoms. The van der Waals surface area contributed by atoms with Gasteiger partial charge in [0.2, 0.25) is 0 Å². The van der Waals surface area contributed by atoms with Crippen molar-refractivity contribution in [1.29, 1.82) is 0 Å². The van der Waals surface area contributed by atoms with Crippen LogP contribution in [-0.4, -0.2) is 14.6 Å². The van der Waals surface area contributed by atoms with Crippen molar-refractivity contribution < 1.29 is 8.81 Å². The van der Waals surface area contributed by atoms with E-state index in [1.807, 2.05) is 48.5 Å². The summed E-state index contributed by atoms with van der Waals surface area (Å²) in [5.41, 5.74) is 3.99. The summed E-state index contributed by atoms with van der Waals surface area (Å²) in [4.78, 5) is 17.9. The Kier molecular flexibility index (Phi) is 4.74. The van der Waals surface area contributed by atoms with Crippen molar-refractivity contribution in [2.45, 2.75) is 0 Å². The summed E-state index contributed by atoms with van der Waals surface area (Å²) in [6.45, 7) is 0. The Balaban J connectivity index is 1.62. The predicted octanol–water partition coefficient (Wildman–Crippen LogP) is 6.63. The van der Waals surface area contributed by atoms with Gasteiger partial charge in [-0.15, -0.1) is 0 Å². The van der Waals surface area contributed by atoms with Gasteiger partial charge in [0.05, 0.1) is 17.0 Å². The third-order valence-electron chi connectivity index (χ3n) is 5.65. The largest absolute Gasteiger partial charge is 0.422 e. The van der Waals surface area contributed by atoms with Gasteiger partial charge in [-0.05, 0) is 42.0 Å². The van der Waals surface area contributed by atoms with E-state index in [1.54, 1.807) is 28.9 Å². The average Bonchev–Trinajstić information content (AvgIpc) is 3.28. The molecule has 0 amide bonds. The summed E-state index contributed by atoms with van der Waals surface area (Å²) in [6.07, 6.45) is 1.77. The highest BCUT2D eigenvalue weighted by Gasteiger charge is 2.20. The number of rotatable bonds is 3. The van der Waals surface area contributed by atoms with Gasteiger partial charge in [-0.3, -0.25) is 0 Å². The molecule has 0 bridgehead atoms. The molecule has 34 heavy (non-hydrogen) atoms. The Hall–Kier alpha value is -4.29. The van der Waals surface area contributed by atoms with Gasteiger partial charge >= 0.3 is 5.63 Å². The molecule has 6 aromatic rings. The summed E-state index contributed by atoms with van der Waals surface area (Å²) in [7, 11) is 0. The van der Waals surface area contributed by atoms with E-state index in [0.717, 1.165) is 11.3 Å². The summed E-state index contributed by atoms with van der Waals surface area (Å²) in [5.74, 6) is -0.433. The Morgan fingerprint density at radius 2 is 1.62 bits per heavy atom. The number of benzene rings is 3. The van der Waals surface area contributed by atoms with Gasteiger partial charge in [-0.1, -0.05) is 54.1 Å². The molecule has 6 rings (SSSR count). The second kappa shape index (κ2) is 7.93. The number of nitrogens with zero attached hydrogens (tertiary/aromatic N) is 3. The molecule has 3 aromatic carbocycles. The molecule has 0 aliphatic carbocycles. The molecule has 0 fully saturated rings. The van der Waals surface area contributed by atoms with Crippen LogP contribution >= 0.6 is 11.6 Å². The highest BCUT2D eigenvalue weighted by molar-refractivity contribution is 6.30. The average molecular weight is 468 g/mol. The van der Waals surface area contributed by atoms with Gasteiger partial charge in [0.15, 0.2) is 5.65 Å². The van der Waals surface area contributed by atoms with E-state index in [-0.39, 0.29) is 5.58 Å². The molecule has 0 aliphatic heterocycles. The topological polar surface area (TPSA) is 60.4 Å². The maximum Gasteiger partial charge on any atom is 0.344 e. The minimum absolute atomic E-state index is 0.290. The maximum absolute atomic E-state index is 14.3. The number of halogens is 2. The van der Waals surface area contributed by atoms with Gasteiger partial charge in [-0.2, -0.15) is 5.10 Å². The zero-order valence-electron chi connectivity index (χ0n) is 17.6. The van der Waals surface area contributed by atoms with Crippen LogP contribution in [0.25, 0.3) is 50.3 Å². The van der Waals surface area contributed by atoms with Crippen molar-refractivity contribution in [1.82, 2.24) is 14.6 Å². The highest BCUT2D eigenvalue weighted by Crippen LogP contribution is 2.35. The smallest absolute Gasteiger partial charge is 0.344 e. The number of fused-ring (bicyclic) bond motifs is 2. The molecule has 0 N–H and O–H groups in total. The van der Waals surface area contributed by atoms with E-state index in [4.69, 9.17) is 21.0 Å². The van der Waals surface area contributed by atoms with E-state index in [1.165, 1.54) is 18.2 Å². The molecule has 0 aliphatic rings. The molecule has 5 nitrogen and oxygen atoms in total. The maximum atomic E-state index is 14.3. The van der Waals surface area contributed by atoms with E-state index >= 15 is 0 Å². The summed E-state index contributed by atoms with van der Waals surface area (Å²) in [6, 6.07) is 24.2. The highest BCUT2D eigenvalue weighted by atomic mass is 35.5. The quantitative estimate of drug-likeness (QED) is 0.274. The lowest BCUT2D eigenvalue weighted by molar-refractivity contribution is 0.561. The lowest BCUT2D eigenvalue weighted by Gasteiger charge is -2.12. The first-order chi connectivity index (χ1) is 16.6. The molecule has 7 heteroatoms. The van der Waals surface area contributed by atoms with Crippen LogP contribution in [-0.2, 0) is 0 Å². The van der Waals surface area contributed by atoms with Crippen LogP contribution in [0.5, 0.6) is 0 Å². The first-order valence-electron chi connectivity index (χ1n) is 10.5. The molecule has 0 atom stereocenters. The van der Waals surface area contributed by atoms with Crippen LogP contribution in [0.4, 0.5) is 4.39 Å². The van der Waals surface area contributed by atoms with E-state index in [9.17, 15) is 9.18 Å². The van der Waals surface area contributed by atoms with Crippen LogP contribution in [0.2, 0.25) is 5.02 Å². The minimum atomic E-state index is -0.516. The van der Waals surface area contributed by atoms with Crippen molar-refractivity contribution in [3.8, 4) is 33.6 Å². The molecule has 0 saturated carbocycles. The van der Waals surface area contributed by atoms with Crippen LogP contribution in [0.3, 0.4) is 0 Å². The Bertz CT molecular complexity index is 1740. The molecule has 3 heterocycles. The molecule has 0 unspecified atom stereocenters. The molecule has 164 valence electrons. The van der Waals surface area contributed by atoms with E-state index in [2.05, 4.69) is 5.10 Å². The minimum Gasteiger partial charge on any atom is -0.422 e. The van der Waals surface area contributed by atoms with Gasteiger partial charge in [-0.25, -0.2) is 18.7 Å². The van der Waals surface area contributed by atoms with Crippen LogP contribution < -0.4 is 5.63 Å². The Labute approximate surface area is 197 Å². The second-order valence-corrected chi connectivity index (χ2v) is 8.23. The SMILES string of the molecule is O=c1oc2ccc(F)cc2c(-c2ccn3nc(-c4ccc(Cl)cc4)cc3n2)c1-c1ccccc1. The molecule has 0 saturated heterocycles. The second-order valence-electron chi connectivity index (χ2n) is 7.80. The van der Waals surface area contributed by atoms with E-state index < -0.39 is 11.4 Å². The van der Waals surface area contributed by atoms with Crippen LogP contribution in [0.1, 0.15) is 0 Å². The van der Waals surface area contributed by atoms with Crippen molar-refractivity contribution >= 4 is 28.2 Å². The van der Waals surface area contributed by atoms with Crippen LogP contribution in [0, 0.1) is 5.82 Å². The normalized spacial score (nSPS) is 11.4. The van der Waals surface area contributed by atoms with Gasteiger partial charge in [0.25, 0.3) is 0 Å². The molecular formula is C27H15ClFN3O2. The van der Waals surface area contributed by atoms with Gasteiger partial charge in [0.1, 0.15) is 11.4 Å².